The van der Waals surface area contributed by atoms with Gasteiger partial charge in [-0.1, -0.05) is 22.0 Å². The molecule has 0 N–H and O–H groups in total. The molecular formula is C13H16BrNO3. The fourth-order valence-electron chi connectivity index (χ4n) is 1.84. The van der Waals surface area contributed by atoms with Crippen LogP contribution in [-0.2, 0) is 11.3 Å². The zero-order valence-corrected chi connectivity index (χ0v) is 12.3. The van der Waals surface area contributed by atoms with Gasteiger partial charge in [-0.2, -0.15) is 0 Å². The topological polar surface area (TPSA) is 38.8 Å². The molecule has 1 aliphatic rings. The lowest BCUT2D eigenvalue weighted by atomic mass is 10.1. The Hall–Kier alpha value is -1.23. The summed E-state index contributed by atoms with van der Waals surface area (Å²) in [4.78, 5) is 13.7. The lowest BCUT2D eigenvalue weighted by molar-refractivity contribution is -0.131. The summed E-state index contributed by atoms with van der Waals surface area (Å²) in [5, 5.41) is 0. The van der Waals surface area contributed by atoms with Crippen molar-refractivity contribution in [2.75, 3.05) is 13.8 Å². The van der Waals surface area contributed by atoms with E-state index in [1.165, 1.54) is 0 Å². The first-order valence-electron chi connectivity index (χ1n) is 5.71. The molecule has 2 rings (SSSR count). The predicted molar refractivity (Wildman–Crippen MR) is 72.0 cm³/mol. The lowest BCUT2D eigenvalue weighted by Gasteiger charge is -2.24. The van der Waals surface area contributed by atoms with Crippen LogP contribution in [-0.4, -0.2) is 29.0 Å². The van der Waals surface area contributed by atoms with Crippen molar-refractivity contribution in [2.45, 2.75) is 24.7 Å². The largest absolute Gasteiger partial charge is 0.454 e. The average Bonchev–Trinajstić information content (AvgIpc) is 2.73. The third-order valence-electron chi connectivity index (χ3n) is 2.71. The minimum atomic E-state index is -0.544. The first-order chi connectivity index (χ1) is 8.38. The van der Waals surface area contributed by atoms with Crippen LogP contribution in [0.1, 0.15) is 19.4 Å². The summed E-state index contributed by atoms with van der Waals surface area (Å²) in [6.07, 6.45) is 0. The summed E-state index contributed by atoms with van der Waals surface area (Å²) in [6.45, 7) is 4.49. The maximum absolute atomic E-state index is 12.0. The van der Waals surface area contributed by atoms with Crippen LogP contribution in [0.3, 0.4) is 0 Å². The Morgan fingerprint density at radius 3 is 2.72 bits per heavy atom. The number of ether oxygens (including phenoxy) is 2. The van der Waals surface area contributed by atoms with Gasteiger partial charge in [0, 0.05) is 13.6 Å². The summed E-state index contributed by atoms with van der Waals surface area (Å²) in [7, 11) is 1.79. The van der Waals surface area contributed by atoms with Crippen molar-refractivity contribution in [2.24, 2.45) is 0 Å². The van der Waals surface area contributed by atoms with Crippen LogP contribution in [0.15, 0.2) is 18.2 Å². The SMILES string of the molecule is CN(Cc1ccc2c(c1)OCO2)C(=O)C(C)(C)Br. The van der Waals surface area contributed by atoms with Gasteiger partial charge in [-0.3, -0.25) is 4.79 Å². The number of hydrogen-bond acceptors (Lipinski definition) is 3. The van der Waals surface area contributed by atoms with Crippen molar-refractivity contribution >= 4 is 21.8 Å². The average molecular weight is 314 g/mol. The van der Waals surface area contributed by atoms with E-state index in [4.69, 9.17) is 9.47 Å². The fraction of sp³-hybridized carbons (Fsp3) is 0.462. The van der Waals surface area contributed by atoms with Gasteiger partial charge >= 0.3 is 0 Å². The minimum Gasteiger partial charge on any atom is -0.454 e. The van der Waals surface area contributed by atoms with E-state index in [1.54, 1.807) is 11.9 Å². The van der Waals surface area contributed by atoms with Crippen molar-refractivity contribution in [1.82, 2.24) is 4.90 Å². The lowest BCUT2D eigenvalue weighted by Crippen LogP contribution is -2.38. The van der Waals surface area contributed by atoms with Crippen molar-refractivity contribution in [1.29, 1.82) is 0 Å². The van der Waals surface area contributed by atoms with Gasteiger partial charge in [0.15, 0.2) is 11.5 Å². The molecule has 0 bridgehead atoms. The third-order valence-corrected chi connectivity index (χ3v) is 3.05. The molecule has 1 aromatic carbocycles. The number of hydrogen-bond donors (Lipinski definition) is 0. The number of fused-ring (bicyclic) bond motifs is 1. The van der Waals surface area contributed by atoms with Gasteiger partial charge in [-0.15, -0.1) is 0 Å². The molecule has 0 fully saturated rings. The Bertz CT molecular complexity index is 468. The number of benzene rings is 1. The second kappa shape index (κ2) is 4.80. The third kappa shape index (κ3) is 2.77. The Balaban J connectivity index is 2.08. The number of halogens is 1. The zero-order valence-electron chi connectivity index (χ0n) is 10.7. The first kappa shape index (κ1) is 13.2. The Labute approximate surface area is 115 Å². The van der Waals surface area contributed by atoms with Crippen LogP contribution < -0.4 is 9.47 Å². The monoisotopic (exact) mass is 313 g/mol. The predicted octanol–water partition coefficient (Wildman–Crippen LogP) is 2.55. The normalized spacial score (nSPS) is 13.6. The summed E-state index contributed by atoms with van der Waals surface area (Å²) in [5.41, 5.74) is 1.02. The molecular weight excluding hydrogens is 298 g/mol. The smallest absolute Gasteiger partial charge is 0.238 e. The van der Waals surface area contributed by atoms with Gasteiger partial charge in [-0.25, -0.2) is 0 Å². The number of carbonyl (C=O) groups is 1. The first-order valence-corrected chi connectivity index (χ1v) is 6.50. The Kier molecular flexibility index (Phi) is 3.52. The van der Waals surface area contributed by atoms with Crippen LogP contribution in [0, 0.1) is 0 Å². The van der Waals surface area contributed by atoms with Crippen LogP contribution in [0.4, 0.5) is 0 Å². The zero-order chi connectivity index (χ0) is 13.3. The molecule has 18 heavy (non-hydrogen) atoms. The molecule has 0 aliphatic carbocycles. The van der Waals surface area contributed by atoms with E-state index < -0.39 is 4.32 Å². The van der Waals surface area contributed by atoms with Gasteiger partial charge < -0.3 is 14.4 Å². The highest BCUT2D eigenvalue weighted by Crippen LogP contribution is 2.33. The molecule has 0 saturated heterocycles. The van der Waals surface area contributed by atoms with E-state index in [0.29, 0.717) is 6.54 Å². The standard InChI is InChI=1S/C13H16BrNO3/c1-13(2,14)12(16)15(3)7-9-4-5-10-11(6-9)18-8-17-10/h4-6H,7-8H2,1-3H3. The summed E-state index contributed by atoms with van der Waals surface area (Å²) in [6, 6.07) is 5.72. The van der Waals surface area contributed by atoms with E-state index in [1.807, 2.05) is 32.0 Å². The van der Waals surface area contributed by atoms with Gasteiger partial charge in [0.1, 0.15) is 0 Å². The van der Waals surface area contributed by atoms with Crippen molar-refractivity contribution in [3.63, 3.8) is 0 Å². The number of nitrogens with zero attached hydrogens (tertiary/aromatic N) is 1. The van der Waals surface area contributed by atoms with Crippen LogP contribution >= 0.6 is 15.9 Å². The van der Waals surface area contributed by atoms with Gasteiger partial charge in [0.25, 0.3) is 0 Å². The minimum absolute atomic E-state index is 0.0418. The summed E-state index contributed by atoms with van der Waals surface area (Å²) < 4.78 is 10.0. The number of rotatable bonds is 3. The van der Waals surface area contributed by atoms with Crippen molar-refractivity contribution in [3.8, 4) is 11.5 Å². The van der Waals surface area contributed by atoms with Crippen molar-refractivity contribution in [3.05, 3.63) is 23.8 Å². The maximum Gasteiger partial charge on any atom is 0.238 e. The fourth-order valence-corrected chi connectivity index (χ4v) is 2.14. The summed E-state index contributed by atoms with van der Waals surface area (Å²) >= 11 is 3.37. The van der Waals surface area contributed by atoms with E-state index in [2.05, 4.69) is 15.9 Å². The Morgan fingerprint density at radius 1 is 1.39 bits per heavy atom. The molecule has 0 unspecified atom stereocenters. The van der Waals surface area contributed by atoms with E-state index >= 15 is 0 Å². The molecule has 98 valence electrons. The van der Waals surface area contributed by atoms with Crippen LogP contribution in [0.5, 0.6) is 11.5 Å². The van der Waals surface area contributed by atoms with Crippen molar-refractivity contribution < 1.29 is 14.3 Å². The maximum atomic E-state index is 12.0. The summed E-state index contributed by atoms with van der Waals surface area (Å²) in [5.74, 6) is 1.54. The Morgan fingerprint density at radius 2 is 2.06 bits per heavy atom. The second-order valence-electron chi connectivity index (χ2n) is 4.82. The van der Waals surface area contributed by atoms with Crippen LogP contribution in [0.2, 0.25) is 0 Å². The number of alkyl halides is 1. The van der Waals surface area contributed by atoms with E-state index in [9.17, 15) is 4.79 Å². The quantitative estimate of drug-likeness (QED) is 0.805. The molecule has 1 aromatic rings. The molecule has 0 aromatic heterocycles. The highest BCUT2D eigenvalue weighted by molar-refractivity contribution is 9.10. The molecule has 1 amide bonds. The molecule has 1 aliphatic heterocycles. The van der Waals surface area contributed by atoms with Gasteiger partial charge in [0.2, 0.25) is 12.7 Å². The van der Waals surface area contributed by atoms with Crippen LogP contribution in [0.25, 0.3) is 0 Å². The molecule has 0 radical (unpaired) electrons. The van der Waals surface area contributed by atoms with Gasteiger partial charge in [0.05, 0.1) is 4.32 Å². The highest BCUT2D eigenvalue weighted by Gasteiger charge is 2.27. The molecule has 0 atom stereocenters. The van der Waals surface area contributed by atoms with E-state index in [0.717, 1.165) is 17.1 Å². The second-order valence-corrected chi connectivity index (χ2v) is 6.80. The molecule has 5 heteroatoms. The molecule has 0 saturated carbocycles. The number of amides is 1. The number of carbonyl (C=O) groups excluding carboxylic acids is 1. The van der Waals surface area contributed by atoms with Gasteiger partial charge in [-0.05, 0) is 31.5 Å². The molecule has 0 spiro atoms. The highest BCUT2D eigenvalue weighted by atomic mass is 79.9. The molecule has 1 heterocycles. The van der Waals surface area contributed by atoms with E-state index in [-0.39, 0.29) is 12.7 Å². The molecule has 4 nitrogen and oxygen atoms in total.